The smallest absolute Gasteiger partial charge is 0.0196 e. The first-order chi connectivity index (χ1) is 5.25. The fourth-order valence-electron chi connectivity index (χ4n) is 1.76. The summed E-state index contributed by atoms with van der Waals surface area (Å²) in [6.45, 7) is 8.50. The molecule has 4 heteroatoms. The van der Waals surface area contributed by atoms with Crippen molar-refractivity contribution in [2.45, 2.75) is 25.9 Å². The van der Waals surface area contributed by atoms with Gasteiger partial charge < -0.3 is 11.1 Å². The minimum atomic E-state index is 0. The summed E-state index contributed by atoms with van der Waals surface area (Å²) in [5, 5.41) is 3.39. The molecule has 1 fully saturated rings. The molecule has 2 atom stereocenters. The van der Waals surface area contributed by atoms with Crippen LogP contribution in [-0.4, -0.2) is 43.2 Å². The summed E-state index contributed by atoms with van der Waals surface area (Å²) < 4.78 is 0. The van der Waals surface area contributed by atoms with Crippen molar-refractivity contribution in [2.75, 3.05) is 26.2 Å². The third-order valence-corrected chi connectivity index (χ3v) is 2.40. The minimum absolute atomic E-state index is 0. The minimum Gasteiger partial charge on any atom is -0.329 e. The maximum absolute atomic E-state index is 5.52. The molecule has 3 nitrogen and oxygen atoms in total. The van der Waals surface area contributed by atoms with Crippen LogP contribution in [0.15, 0.2) is 0 Å². The Hall–Kier alpha value is 0.170. The second kappa shape index (κ2) is 5.75. The van der Waals surface area contributed by atoms with Crippen molar-refractivity contribution >= 4 is 12.4 Å². The summed E-state index contributed by atoms with van der Waals surface area (Å²) in [6, 6.07) is 1.28. The van der Waals surface area contributed by atoms with E-state index < -0.39 is 0 Å². The van der Waals surface area contributed by atoms with Crippen LogP contribution in [0.3, 0.4) is 0 Å². The van der Waals surface area contributed by atoms with Crippen LogP contribution in [0, 0.1) is 0 Å². The molecule has 1 saturated heterocycles. The van der Waals surface area contributed by atoms with Gasteiger partial charge in [-0.15, -0.1) is 12.4 Å². The summed E-state index contributed by atoms with van der Waals surface area (Å²) in [7, 11) is 0. The van der Waals surface area contributed by atoms with E-state index in [4.69, 9.17) is 5.73 Å². The van der Waals surface area contributed by atoms with Crippen LogP contribution in [-0.2, 0) is 0 Å². The van der Waals surface area contributed by atoms with Gasteiger partial charge in [-0.2, -0.15) is 0 Å². The number of rotatable bonds is 2. The number of hydrogen-bond donors (Lipinski definition) is 2. The third-order valence-electron chi connectivity index (χ3n) is 2.40. The first-order valence-corrected chi connectivity index (χ1v) is 4.42. The standard InChI is InChI=1S/C8H19N3.ClH/c1-7-5-10-6-8(2)11(7)4-3-9;/h7-8,10H,3-6,9H2,1-2H3;1H. The second-order valence-corrected chi connectivity index (χ2v) is 3.38. The van der Waals surface area contributed by atoms with Crippen molar-refractivity contribution < 1.29 is 0 Å². The van der Waals surface area contributed by atoms with Gasteiger partial charge in [0.1, 0.15) is 0 Å². The van der Waals surface area contributed by atoms with E-state index in [-0.39, 0.29) is 12.4 Å². The number of nitrogens with zero attached hydrogens (tertiary/aromatic N) is 1. The molecule has 0 aromatic carbocycles. The predicted octanol–water partition coefficient (Wildman–Crippen LogP) is 0.0491. The van der Waals surface area contributed by atoms with Gasteiger partial charge in [0.25, 0.3) is 0 Å². The van der Waals surface area contributed by atoms with Crippen molar-refractivity contribution in [3.63, 3.8) is 0 Å². The summed E-state index contributed by atoms with van der Waals surface area (Å²) in [5.41, 5.74) is 5.52. The highest BCUT2D eigenvalue weighted by Crippen LogP contribution is 2.07. The molecule has 0 spiro atoms. The summed E-state index contributed by atoms with van der Waals surface area (Å²) in [6.07, 6.45) is 0. The van der Waals surface area contributed by atoms with E-state index in [1.54, 1.807) is 0 Å². The Kier molecular flexibility index (Phi) is 5.84. The van der Waals surface area contributed by atoms with E-state index >= 15 is 0 Å². The Morgan fingerprint density at radius 3 is 2.25 bits per heavy atom. The Bertz CT molecular complexity index is 111. The molecule has 1 rings (SSSR count). The highest BCUT2D eigenvalue weighted by Gasteiger charge is 2.22. The molecule has 1 heterocycles. The normalized spacial score (nSPS) is 31.2. The first-order valence-electron chi connectivity index (χ1n) is 4.42. The zero-order valence-electron chi connectivity index (χ0n) is 7.92. The van der Waals surface area contributed by atoms with Gasteiger partial charge in [0.15, 0.2) is 0 Å². The Morgan fingerprint density at radius 1 is 1.33 bits per heavy atom. The number of hydrogen-bond acceptors (Lipinski definition) is 3. The lowest BCUT2D eigenvalue weighted by molar-refractivity contribution is 0.121. The van der Waals surface area contributed by atoms with Gasteiger partial charge in [-0.1, -0.05) is 0 Å². The van der Waals surface area contributed by atoms with E-state index in [0.29, 0.717) is 12.1 Å². The van der Waals surface area contributed by atoms with Gasteiger partial charge in [0.2, 0.25) is 0 Å². The van der Waals surface area contributed by atoms with Crippen LogP contribution < -0.4 is 11.1 Å². The lowest BCUT2D eigenvalue weighted by atomic mass is 10.1. The molecular weight excluding hydrogens is 174 g/mol. The monoisotopic (exact) mass is 193 g/mol. The van der Waals surface area contributed by atoms with Crippen LogP contribution in [0.25, 0.3) is 0 Å². The number of piperazine rings is 1. The Balaban J connectivity index is 0.00000121. The fraction of sp³-hybridized carbons (Fsp3) is 1.00. The zero-order valence-corrected chi connectivity index (χ0v) is 8.73. The molecule has 74 valence electrons. The summed E-state index contributed by atoms with van der Waals surface area (Å²) in [5.74, 6) is 0. The van der Waals surface area contributed by atoms with Gasteiger partial charge in [0, 0.05) is 38.3 Å². The number of halogens is 1. The third kappa shape index (κ3) is 2.90. The topological polar surface area (TPSA) is 41.3 Å². The molecule has 0 aromatic heterocycles. The number of nitrogens with one attached hydrogen (secondary N) is 1. The highest BCUT2D eigenvalue weighted by atomic mass is 35.5. The molecule has 12 heavy (non-hydrogen) atoms. The fourth-order valence-corrected chi connectivity index (χ4v) is 1.76. The van der Waals surface area contributed by atoms with Crippen molar-refractivity contribution in [3.05, 3.63) is 0 Å². The van der Waals surface area contributed by atoms with Crippen LogP contribution in [0.5, 0.6) is 0 Å². The van der Waals surface area contributed by atoms with Crippen molar-refractivity contribution in [1.82, 2.24) is 10.2 Å². The largest absolute Gasteiger partial charge is 0.329 e. The van der Waals surface area contributed by atoms with Crippen molar-refractivity contribution in [1.29, 1.82) is 0 Å². The average Bonchev–Trinajstić information content (AvgIpc) is 1.97. The van der Waals surface area contributed by atoms with Gasteiger partial charge in [-0.3, -0.25) is 4.90 Å². The second-order valence-electron chi connectivity index (χ2n) is 3.38. The number of nitrogens with two attached hydrogens (primary N) is 1. The molecule has 1 aliphatic rings. The van der Waals surface area contributed by atoms with Gasteiger partial charge in [-0.25, -0.2) is 0 Å². The molecule has 0 bridgehead atoms. The molecule has 0 aliphatic carbocycles. The zero-order chi connectivity index (χ0) is 8.27. The Labute approximate surface area is 81.1 Å². The SMILES string of the molecule is CC1CNCC(C)N1CCN.Cl. The lowest BCUT2D eigenvalue weighted by Gasteiger charge is -2.39. The average molecular weight is 194 g/mol. The van der Waals surface area contributed by atoms with E-state index in [2.05, 4.69) is 24.1 Å². The Morgan fingerprint density at radius 2 is 1.83 bits per heavy atom. The maximum atomic E-state index is 5.52. The molecule has 0 radical (unpaired) electrons. The molecular formula is C8H20ClN3. The van der Waals surface area contributed by atoms with Crippen LogP contribution in [0.4, 0.5) is 0 Å². The lowest BCUT2D eigenvalue weighted by Crippen LogP contribution is -2.56. The highest BCUT2D eigenvalue weighted by molar-refractivity contribution is 5.85. The predicted molar refractivity (Wildman–Crippen MR) is 54.8 cm³/mol. The van der Waals surface area contributed by atoms with E-state index in [9.17, 15) is 0 Å². The quantitative estimate of drug-likeness (QED) is 0.652. The molecule has 0 amide bonds. The van der Waals surface area contributed by atoms with Gasteiger partial charge in [-0.05, 0) is 13.8 Å². The maximum Gasteiger partial charge on any atom is 0.0196 e. The molecule has 0 saturated carbocycles. The van der Waals surface area contributed by atoms with E-state index in [0.717, 1.165) is 26.2 Å². The van der Waals surface area contributed by atoms with E-state index in [1.807, 2.05) is 0 Å². The van der Waals surface area contributed by atoms with E-state index in [1.165, 1.54) is 0 Å². The van der Waals surface area contributed by atoms with Crippen molar-refractivity contribution in [3.8, 4) is 0 Å². The summed E-state index contributed by atoms with van der Waals surface area (Å²) in [4.78, 5) is 2.47. The molecule has 2 unspecified atom stereocenters. The van der Waals surface area contributed by atoms with Crippen LogP contribution in [0.1, 0.15) is 13.8 Å². The molecule has 0 aromatic rings. The van der Waals surface area contributed by atoms with Crippen molar-refractivity contribution in [2.24, 2.45) is 5.73 Å². The van der Waals surface area contributed by atoms with Gasteiger partial charge in [0.05, 0.1) is 0 Å². The van der Waals surface area contributed by atoms with Gasteiger partial charge >= 0.3 is 0 Å². The summed E-state index contributed by atoms with van der Waals surface area (Å²) >= 11 is 0. The molecule has 3 N–H and O–H groups in total. The van der Waals surface area contributed by atoms with Crippen LogP contribution >= 0.6 is 12.4 Å². The molecule has 1 aliphatic heterocycles. The first kappa shape index (κ1) is 12.2. The van der Waals surface area contributed by atoms with Crippen LogP contribution in [0.2, 0.25) is 0 Å².